The standard InChI is InChI=1S/C17H19BrN2/c1-4-7-14-12-15(18)8-9-16(14)17(13(3)5-2)20-11-6-10-19-20/h4,6-12H,5H2,1-3H3/b7-4-,17-13-. The highest BCUT2D eigenvalue weighted by atomic mass is 79.9. The van der Waals surface area contributed by atoms with Crippen LogP contribution in [-0.4, -0.2) is 9.78 Å². The first-order valence-corrected chi connectivity index (χ1v) is 7.59. The minimum absolute atomic E-state index is 1.00. The summed E-state index contributed by atoms with van der Waals surface area (Å²) in [6.45, 7) is 6.38. The number of aromatic nitrogens is 2. The maximum absolute atomic E-state index is 4.41. The lowest BCUT2D eigenvalue weighted by Crippen LogP contribution is -2.04. The molecule has 20 heavy (non-hydrogen) atoms. The molecule has 1 aromatic carbocycles. The van der Waals surface area contributed by atoms with E-state index in [0.717, 1.165) is 16.6 Å². The molecule has 0 amide bonds. The van der Waals surface area contributed by atoms with E-state index in [1.807, 2.05) is 30.1 Å². The Labute approximate surface area is 129 Å². The number of benzene rings is 1. The van der Waals surface area contributed by atoms with Crippen LogP contribution in [0.1, 0.15) is 38.3 Å². The van der Waals surface area contributed by atoms with Crippen LogP contribution in [0, 0.1) is 0 Å². The lowest BCUT2D eigenvalue weighted by molar-refractivity contribution is 0.883. The second-order valence-corrected chi connectivity index (χ2v) is 5.58. The minimum Gasteiger partial charge on any atom is -0.240 e. The van der Waals surface area contributed by atoms with Gasteiger partial charge in [-0.2, -0.15) is 5.10 Å². The molecule has 2 rings (SSSR count). The predicted molar refractivity (Wildman–Crippen MR) is 89.4 cm³/mol. The lowest BCUT2D eigenvalue weighted by Gasteiger charge is -2.15. The number of hydrogen-bond acceptors (Lipinski definition) is 1. The Hall–Kier alpha value is -1.61. The highest BCUT2D eigenvalue weighted by Crippen LogP contribution is 2.28. The Morgan fingerprint density at radius 2 is 2.20 bits per heavy atom. The molecular formula is C17H19BrN2. The van der Waals surface area contributed by atoms with Gasteiger partial charge in [-0.3, -0.25) is 0 Å². The molecule has 0 radical (unpaired) electrons. The van der Waals surface area contributed by atoms with Crippen molar-refractivity contribution in [2.45, 2.75) is 27.2 Å². The molecule has 0 N–H and O–H groups in total. The molecule has 0 aliphatic heterocycles. The summed E-state index contributed by atoms with van der Waals surface area (Å²) < 4.78 is 3.04. The van der Waals surface area contributed by atoms with Gasteiger partial charge in [-0.15, -0.1) is 0 Å². The molecule has 2 nitrogen and oxygen atoms in total. The van der Waals surface area contributed by atoms with Crippen LogP contribution < -0.4 is 0 Å². The summed E-state index contributed by atoms with van der Waals surface area (Å²) in [7, 11) is 0. The van der Waals surface area contributed by atoms with Crippen LogP contribution in [0.25, 0.3) is 11.8 Å². The molecule has 0 spiro atoms. The normalized spacial score (nSPS) is 12.8. The first kappa shape index (κ1) is 14.8. The Kier molecular flexibility index (Phi) is 4.96. The summed E-state index contributed by atoms with van der Waals surface area (Å²) in [5.74, 6) is 0. The van der Waals surface area contributed by atoms with Crippen LogP contribution in [0.3, 0.4) is 0 Å². The van der Waals surface area contributed by atoms with E-state index in [-0.39, 0.29) is 0 Å². The van der Waals surface area contributed by atoms with E-state index in [1.165, 1.54) is 16.7 Å². The molecule has 1 heterocycles. The molecule has 1 aromatic heterocycles. The summed E-state index contributed by atoms with van der Waals surface area (Å²) in [5.41, 5.74) is 4.88. The van der Waals surface area contributed by atoms with E-state index in [1.54, 1.807) is 0 Å². The predicted octanol–water partition coefficient (Wildman–Crippen LogP) is 5.37. The third-order valence-electron chi connectivity index (χ3n) is 3.28. The van der Waals surface area contributed by atoms with E-state index in [9.17, 15) is 0 Å². The average Bonchev–Trinajstić information content (AvgIpc) is 2.95. The summed E-state index contributed by atoms with van der Waals surface area (Å²) in [6.07, 6.45) is 9.01. The van der Waals surface area contributed by atoms with E-state index in [4.69, 9.17) is 0 Å². The fraction of sp³-hybridized carbons (Fsp3) is 0.235. The Balaban J connectivity index is 2.68. The van der Waals surface area contributed by atoms with Crippen molar-refractivity contribution in [2.75, 3.05) is 0 Å². The topological polar surface area (TPSA) is 17.8 Å². The van der Waals surface area contributed by atoms with Gasteiger partial charge in [-0.1, -0.05) is 41.1 Å². The van der Waals surface area contributed by atoms with Gasteiger partial charge in [-0.25, -0.2) is 4.68 Å². The number of hydrogen-bond donors (Lipinski definition) is 0. The van der Waals surface area contributed by atoms with Crippen LogP contribution in [0.5, 0.6) is 0 Å². The molecule has 0 aliphatic carbocycles. The number of halogens is 1. The molecule has 2 aromatic rings. The van der Waals surface area contributed by atoms with Crippen molar-refractivity contribution in [3.63, 3.8) is 0 Å². The monoisotopic (exact) mass is 330 g/mol. The second-order valence-electron chi connectivity index (χ2n) is 4.66. The Morgan fingerprint density at radius 1 is 1.40 bits per heavy atom. The third-order valence-corrected chi connectivity index (χ3v) is 3.78. The van der Waals surface area contributed by atoms with Crippen LogP contribution in [0.4, 0.5) is 0 Å². The third kappa shape index (κ3) is 3.10. The van der Waals surface area contributed by atoms with Gasteiger partial charge >= 0.3 is 0 Å². The van der Waals surface area contributed by atoms with Crippen molar-refractivity contribution in [2.24, 2.45) is 0 Å². The molecule has 0 atom stereocenters. The van der Waals surface area contributed by atoms with Gasteiger partial charge < -0.3 is 0 Å². The SMILES string of the molecule is C/C=C\c1cc(Br)ccc1/C(=C(\C)CC)n1cccn1. The zero-order valence-corrected chi connectivity index (χ0v) is 13.7. The van der Waals surface area contributed by atoms with Crippen molar-refractivity contribution in [1.82, 2.24) is 9.78 Å². The Morgan fingerprint density at radius 3 is 2.80 bits per heavy atom. The molecule has 0 fully saturated rings. The van der Waals surface area contributed by atoms with E-state index >= 15 is 0 Å². The first-order valence-electron chi connectivity index (χ1n) is 6.79. The van der Waals surface area contributed by atoms with Crippen LogP contribution in [-0.2, 0) is 0 Å². The fourth-order valence-corrected chi connectivity index (χ4v) is 2.56. The molecule has 3 heteroatoms. The van der Waals surface area contributed by atoms with E-state index in [2.05, 4.69) is 65.2 Å². The maximum Gasteiger partial charge on any atom is 0.0712 e. The second kappa shape index (κ2) is 6.71. The molecule has 0 unspecified atom stereocenters. The van der Waals surface area contributed by atoms with Crippen molar-refractivity contribution in [3.05, 3.63) is 63.9 Å². The van der Waals surface area contributed by atoms with Crippen LogP contribution >= 0.6 is 15.9 Å². The van der Waals surface area contributed by atoms with Gasteiger partial charge in [0, 0.05) is 22.4 Å². The number of nitrogens with zero attached hydrogens (tertiary/aromatic N) is 2. The molecule has 0 aliphatic rings. The van der Waals surface area contributed by atoms with Gasteiger partial charge in [0.2, 0.25) is 0 Å². The van der Waals surface area contributed by atoms with Gasteiger partial charge in [0.25, 0.3) is 0 Å². The van der Waals surface area contributed by atoms with Crippen molar-refractivity contribution < 1.29 is 0 Å². The van der Waals surface area contributed by atoms with Crippen molar-refractivity contribution >= 4 is 27.7 Å². The lowest BCUT2D eigenvalue weighted by atomic mass is 10.00. The van der Waals surface area contributed by atoms with Crippen molar-refractivity contribution in [3.8, 4) is 0 Å². The minimum atomic E-state index is 1.00. The number of allylic oxidation sites excluding steroid dienone is 2. The average molecular weight is 331 g/mol. The zero-order chi connectivity index (χ0) is 14.5. The molecule has 0 saturated heterocycles. The quantitative estimate of drug-likeness (QED) is 0.737. The largest absolute Gasteiger partial charge is 0.240 e. The van der Waals surface area contributed by atoms with Gasteiger partial charge in [0.1, 0.15) is 0 Å². The van der Waals surface area contributed by atoms with Crippen LogP contribution in [0.2, 0.25) is 0 Å². The highest BCUT2D eigenvalue weighted by Gasteiger charge is 2.12. The molecule has 0 bridgehead atoms. The smallest absolute Gasteiger partial charge is 0.0712 e. The fourth-order valence-electron chi connectivity index (χ4n) is 2.18. The summed E-state index contributed by atoms with van der Waals surface area (Å²) in [4.78, 5) is 0. The Bertz CT molecular complexity index is 637. The summed E-state index contributed by atoms with van der Waals surface area (Å²) in [5, 5.41) is 4.41. The van der Waals surface area contributed by atoms with Crippen molar-refractivity contribution in [1.29, 1.82) is 0 Å². The first-order chi connectivity index (χ1) is 9.67. The van der Waals surface area contributed by atoms with E-state index < -0.39 is 0 Å². The van der Waals surface area contributed by atoms with E-state index in [0.29, 0.717) is 0 Å². The zero-order valence-electron chi connectivity index (χ0n) is 12.1. The molecule has 0 saturated carbocycles. The van der Waals surface area contributed by atoms with Crippen LogP contribution in [0.15, 0.2) is 52.8 Å². The van der Waals surface area contributed by atoms with Gasteiger partial charge in [-0.05, 0) is 49.6 Å². The molecule has 104 valence electrons. The maximum atomic E-state index is 4.41. The summed E-state index contributed by atoms with van der Waals surface area (Å²) >= 11 is 3.55. The number of rotatable bonds is 4. The van der Waals surface area contributed by atoms with Gasteiger partial charge in [0.15, 0.2) is 0 Å². The highest BCUT2D eigenvalue weighted by molar-refractivity contribution is 9.10. The summed E-state index contributed by atoms with van der Waals surface area (Å²) in [6, 6.07) is 8.32. The van der Waals surface area contributed by atoms with Gasteiger partial charge in [0.05, 0.1) is 5.70 Å². The molecular weight excluding hydrogens is 312 g/mol.